The SMILES string of the molecule is CCOS(=O)(=O)[O-].C[N+](C)(CCO)CCO. The summed E-state index contributed by atoms with van der Waals surface area (Å²) >= 11 is 0. The largest absolute Gasteiger partial charge is 0.726 e. The molecule has 0 aromatic heterocycles. The zero-order chi connectivity index (χ0) is 13.2. The van der Waals surface area contributed by atoms with Crippen LogP contribution in [-0.2, 0) is 14.6 Å². The molecule has 0 atom stereocenters. The van der Waals surface area contributed by atoms with Crippen LogP contribution in [0.15, 0.2) is 0 Å². The van der Waals surface area contributed by atoms with Crippen molar-refractivity contribution in [2.75, 3.05) is 47.0 Å². The van der Waals surface area contributed by atoms with Crippen LogP contribution < -0.4 is 0 Å². The van der Waals surface area contributed by atoms with Crippen molar-refractivity contribution in [1.82, 2.24) is 0 Å². The Morgan fingerprint density at radius 2 is 1.56 bits per heavy atom. The van der Waals surface area contributed by atoms with Gasteiger partial charge in [0.1, 0.15) is 13.1 Å². The first kappa shape index (κ1) is 18.1. The van der Waals surface area contributed by atoms with E-state index < -0.39 is 10.4 Å². The summed E-state index contributed by atoms with van der Waals surface area (Å²) in [5.41, 5.74) is 0. The van der Waals surface area contributed by atoms with Gasteiger partial charge >= 0.3 is 0 Å². The van der Waals surface area contributed by atoms with Crippen LogP contribution in [0.5, 0.6) is 0 Å². The predicted molar refractivity (Wildman–Crippen MR) is 57.3 cm³/mol. The van der Waals surface area contributed by atoms with Gasteiger partial charge in [-0.1, -0.05) is 0 Å². The molecule has 16 heavy (non-hydrogen) atoms. The zero-order valence-electron chi connectivity index (χ0n) is 9.92. The average Bonchev–Trinajstić information content (AvgIpc) is 2.01. The van der Waals surface area contributed by atoms with Crippen molar-refractivity contribution < 1.29 is 31.8 Å². The van der Waals surface area contributed by atoms with Gasteiger partial charge in [-0.25, -0.2) is 8.42 Å². The summed E-state index contributed by atoms with van der Waals surface area (Å²) in [6.45, 7) is 3.13. The lowest BCUT2D eigenvalue weighted by atomic mass is 10.4. The Morgan fingerprint density at radius 1 is 1.19 bits per heavy atom. The van der Waals surface area contributed by atoms with Crippen molar-refractivity contribution in [1.29, 1.82) is 0 Å². The van der Waals surface area contributed by atoms with Gasteiger partial charge in [-0.2, -0.15) is 0 Å². The molecule has 7 nitrogen and oxygen atoms in total. The number of rotatable bonds is 6. The van der Waals surface area contributed by atoms with Crippen LogP contribution in [0.2, 0.25) is 0 Å². The fourth-order valence-electron chi connectivity index (χ4n) is 0.798. The van der Waals surface area contributed by atoms with Crippen molar-refractivity contribution in [3.8, 4) is 0 Å². The number of likely N-dealkylation sites (N-methyl/N-ethyl adjacent to an activating group) is 1. The van der Waals surface area contributed by atoms with Crippen molar-refractivity contribution >= 4 is 10.4 Å². The molecular formula is C8H21NO6S. The van der Waals surface area contributed by atoms with Gasteiger partial charge in [0.05, 0.1) is 33.9 Å². The van der Waals surface area contributed by atoms with Crippen molar-refractivity contribution in [3.63, 3.8) is 0 Å². The first-order valence-corrected chi connectivity index (χ1v) is 6.16. The van der Waals surface area contributed by atoms with E-state index in [4.69, 9.17) is 10.2 Å². The van der Waals surface area contributed by atoms with Gasteiger partial charge in [0.25, 0.3) is 0 Å². The molecule has 0 aliphatic carbocycles. The molecule has 0 saturated carbocycles. The van der Waals surface area contributed by atoms with Gasteiger partial charge < -0.3 is 19.2 Å². The third kappa shape index (κ3) is 16.2. The second kappa shape index (κ2) is 8.85. The Balaban J connectivity index is 0. The fourth-order valence-corrected chi connectivity index (χ4v) is 1.09. The minimum absolute atomic E-state index is 0.0914. The lowest BCUT2D eigenvalue weighted by Gasteiger charge is -2.27. The average molecular weight is 259 g/mol. The summed E-state index contributed by atoms with van der Waals surface area (Å²) in [6, 6.07) is 0. The van der Waals surface area contributed by atoms with E-state index >= 15 is 0 Å². The molecule has 0 amide bonds. The minimum Gasteiger partial charge on any atom is -0.726 e. The van der Waals surface area contributed by atoms with E-state index in [9.17, 15) is 13.0 Å². The monoisotopic (exact) mass is 259 g/mol. The third-order valence-corrected chi connectivity index (χ3v) is 2.20. The third-order valence-electron chi connectivity index (χ3n) is 1.67. The number of aliphatic hydroxyl groups is 2. The van der Waals surface area contributed by atoms with Crippen LogP contribution in [0, 0.1) is 0 Å². The second-order valence-electron chi connectivity index (χ2n) is 3.64. The summed E-state index contributed by atoms with van der Waals surface area (Å²) in [4.78, 5) is 0. The summed E-state index contributed by atoms with van der Waals surface area (Å²) in [5.74, 6) is 0. The lowest BCUT2D eigenvalue weighted by Crippen LogP contribution is -2.43. The maximum atomic E-state index is 9.45. The fraction of sp³-hybridized carbons (Fsp3) is 1.00. The highest BCUT2D eigenvalue weighted by molar-refractivity contribution is 7.80. The number of nitrogens with zero attached hydrogens (tertiary/aromatic N) is 1. The van der Waals surface area contributed by atoms with E-state index in [1.54, 1.807) is 0 Å². The topological polar surface area (TPSA) is 107 Å². The maximum absolute atomic E-state index is 9.45. The molecule has 0 aromatic rings. The molecule has 0 spiro atoms. The van der Waals surface area contributed by atoms with E-state index in [0.717, 1.165) is 0 Å². The maximum Gasteiger partial charge on any atom is 0.217 e. The Kier molecular flexibility index (Phi) is 10.0. The number of hydrogen-bond acceptors (Lipinski definition) is 6. The Labute approximate surface area is 96.8 Å². The van der Waals surface area contributed by atoms with E-state index in [0.29, 0.717) is 17.6 Å². The van der Waals surface area contributed by atoms with Crippen LogP contribution >= 0.6 is 0 Å². The zero-order valence-corrected chi connectivity index (χ0v) is 10.7. The standard InChI is InChI=1S/C6H16NO2.C2H6O4S/c1-7(2,3-5-8)4-6-9;1-2-6-7(3,4)5/h8-9H,3-6H2,1-2H3;2H2,1H3,(H,3,4,5)/q+1;/p-1. The van der Waals surface area contributed by atoms with Crippen molar-refractivity contribution in [3.05, 3.63) is 0 Å². The van der Waals surface area contributed by atoms with Gasteiger partial charge in [-0.15, -0.1) is 0 Å². The first-order valence-electron chi connectivity index (χ1n) is 4.82. The first-order chi connectivity index (χ1) is 7.18. The molecule has 2 N–H and O–H groups in total. The normalized spacial score (nSPS) is 11.9. The summed E-state index contributed by atoms with van der Waals surface area (Å²) in [6.07, 6.45) is 0. The Morgan fingerprint density at radius 3 is 1.69 bits per heavy atom. The molecule has 0 saturated heterocycles. The molecule has 0 heterocycles. The van der Waals surface area contributed by atoms with Gasteiger partial charge in [0, 0.05) is 0 Å². The Bertz CT molecular complexity index is 243. The van der Waals surface area contributed by atoms with Crippen LogP contribution in [-0.4, -0.2) is 74.7 Å². The predicted octanol–water partition coefficient (Wildman–Crippen LogP) is -1.47. The van der Waals surface area contributed by atoms with E-state index in [2.05, 4.69) is 4.18 Å². The molecule has 0 radical (unpaired) electrons. The highest BCUT2D eigenvalue weighted by atomic mass is 32.3. The van der Waals surface area contributed by atoms with Crippen molar-refractivity contribution in [2.24, 2.45) is 0 Å². The molecule has 8 heteroatoms. The highest BCUT2D eigenvalue weighted by Crippen LogP contribution is 1.92. The molecular weight excluding hydrogens is 238 g/mol. The summed E-state index contributed by atoms with van der Waals surface area (Å²) in [7, 11) is -0.467. The number of hydrogen-bond donors (Lipinski definition) is 2. The molecule has 0 aromatic carbocycles. The van der Waals surface area contributed by atoms with Crippen LogP contribution in [0.25, 0.3) is 0 Å². The molecule has 0 aliphatic rings. The van der Waals surface area contributed by atoms with Gasteiger partial charge in [-0.05, 0) is 6.92 Å². The Hall–Kier alpha value is -0.250. The summed E-state index contributed by atoms with van der Waals surface area (Å²) in [5, 5.41) is 17.1. The van der Waals surface area contributed by atoms with Gasteiger partial charge in [0.15, 0.2) is 0 Å². The van der Waals surface area contributed by atoms with Crippen LogP contribution in [0.1, 0.15) is 6.92 Å². The molecule has 0 unspecified atom stereocenters. The van der Waals surface area contributed by atoms with Gasteiger partial charge in [-0.3, -0.25) is 4.18 Å². The molecule has 0 rings (SSSR count). The highest BCUT2D eigenvalue weighted by Gasteiger charge is 2.11. The van der Waals surface area contributed by atoms with E-state index in [1.807, 2.05) is 14.1 Å². The summed E-state index contributed by atoms with van der Waals surface area (Å²) < 4.78 is 32.7. The molecule has 100 valence electrons. The van der Waals surface area contributed by atoms with Crippen LogP contribution in [0.3, 0.4) is 0 Å². The lowest BCUT2D eigenvalue weighted by molar-refractivity contribution is -0.890. The van der Waals surface area contributed by atoms with Crippen LogP contribution in [0.4, 0.5) is 0 Å². The minimum atomic E-state index is -4.42. The molecule has 0 bridgehead atoms. The molecule has 0 fully saturated rings. The van der Waals surface area contributed by atoms with E-state index in [-0.39, 0.29) is 19.8 Å². The quantitative estimate of drug-likeness (QED) is 0.342. The number of aliphatic hydroxyl groups excluding tert-OH is 2. The van der Waals surface area contributed by atoms with Crippen molar-refractivity contribution in [2.45, 2.75) is 6.92 Å². The van der Waals surface area contributed by atoms with Gasteiger partial charge in [0.2, 0.25) is 10.4 Å². The van der Waals surface area contributed by atoms with E-state index in [1.165, 1.54) is 6.92 Å². The molecule has 0 aliphatic heterocycles. The smallest absolute Gasteiger partial charge is 0.217 e. The second-order valence-corrected chi connectivity index (χ2v) is 4.70. The number of quaternary nitrogens is 1.